The molecule has 0 aliphatic carbocycles. The Labute approximate surface area is 121 Å². The van der Waals surface area contributed by atoms with Crippen molar-refractivity contribution >= 4 is 16.0 Å². The van der Waals surface area contributed by atoms with Gasteiger partial charge >= 0.3 is 10.3 Å². The molecule has 0 bridgehead atoms. The normalized spacial score (nSPS) is 25.9. The molecule has 1 aliphatic rings. The number of nitro benzene ring substituents is 1. The molecule has 0 aromatic heterocycles. The van der Waals surface area contributed by atoms with Crippen molar-refractivity contribution in [1.29, 1.82) is 0 Å². The van der Waals surface area contributed by atoms with E-state index in [9.17, 15) is 18.5 Å². The standard InChI is InChI=1S/C11H14N2O7S/c1-7-19-10(6-18-21(12,16)17)11(20-7)8-4-2-3-5-9(8)13(14)15/h2-5,7,10-11H,6H2,1H3,(H2,12,16,17). The fourth-order valence-electron chi connectivity index (χ4n) is 2.10. The van der Waals surface area contributed by atoms with Crippen molar-refractivity contribution in [2.24, 2.45) is 5.14 Å². The van der Waals surface area contributed by atoms with Gasteiger partial charge in [-0.1, -0.05) is 12.1 Å². The average Bonchev–Trinajstić information content (AvgIpc) is 2.76. The third-order valence-corrected chi connectivity index (χ3v) is 3.34. The highest BCUT2D eigenvalue weighted by molar-refractivity contribution is 7.84. The third-order valence-electron chi connectivity index (χ3n) is 2.88. The van der Waals surface area contributed by atoms with Crippen molar-refractivity contribution in [2.45, 2.75) is 25.4 Å². The van der Waals surface area contributed by atoms with E-state index in [1.54, 1.807) is 13.0 Å². The second-order valence-corrected chi connectivity index (χ2v) is 5.61. The molecule has 1 saturated heterocycles. The maximum Gasteiger partial charge on any atom is 0.333 e. The van der Waals surface area contributed by atoms with Crippen molar-refractivity contribution < 1.29 is 27.0 Å². The summed E-state index contributed by atoms with van der Waals surface area (Å²) in [5, 5.41) is 15.8. The number of nitrogens with two attached hydrogens (primary N) is 1. The summed E-state index contributed by atoms with van der Waals surface area (Å²) in [4.78, 5) is 10.5. The molecule has 3 atom stereocenters. The van der Waals surface area contributed by atoms with Gasteiger partial charge in [0.25, 0.3) is 5.69 Å². The van der Waals surface area contributed by atoms with Crippen LogP contribution >= 0.6 is 0 Å². The number of hydrogen-bond acceptors (Lipinski definition) is 7. The SMILES string of the molecule is CC1OC(COS(N)(=O)=O)C(c2ccccc2[N+](=O)[O-])O1. The molecular weight excluding hydrogens is 304 g/mol. The number of hydrogen-bond donors (Lipinski definition) is 1. The minimum atomic E-state index is -4.13. The lowest BCUT2D eigenvalue weighted by Crippen LogP contribution is -2.27. The average molecular weight is 318 g/mol. The minimum absolute atomic E-state index is 0.138. The Balaban J connectivity index is 2.26. The monoisotopic (exact) mass is 318 g/mol. The van der Waals surface area contributed by atoms with Gasteiger partial charge in [0, 0.05) is 6.07 Å². The van der Waals surface area contributed by atoms with E-state index in [2.05, 4.69) is 4.18 Å². The highest BCUT2D eigenvalue weighted by Crippen LogP contribution is 2.37. The van der Waals surface area contributed by atoms with Gasteiger partial charge < -0.3 is 9.47 Å². The van der Waals surface area contributed by atoms with Crippen LogP contribution in [-0.2, 0) is 24.0 Å². The Hall–Kier alpha value is -1.59. The van der Waals surface area contributed by atoms with Crippen LogP contribution in [0.15, 0.2) is 24.3 Å². The zero-order valence-electron chi connectivity index (χ0n) is 11.0. The smallest absolute Gasteiger partial charge is 0.333 e. The fraction of sp³-hybridized carbons (Fsp3) is 0.455. The van der Waals surface area contributed by atoms with Gasteiger partial charge in [-0.15, -0.1) is 0 Å². The summed E-state index contributed by atoms with van der Waals surface area (Å²) in [6, 6.07) is 6.00. The molecule has 9 nitrogen and oxygen atoms in total. The fourth-order valence-corrected chi connectivity index (χ4v) is 2.42. The van der Waals surface area contributed by atoms with Crippen LogP contribution in [0.4, 0.5) is 5.69 Å². The van der Waals surface area contributed by atoms with Crippen LogP contribution in [0.25, 0.3) is 0 Å². The molecule has 0 spiro atoms. The molecule has 1 aliphatic heterocycles. The molecular formula is C11H14N2O7S. The molecule has 2 rings (SSSR count). The Bertz CT molecular complexity index is 633. The van der Waals surface area contributed by atoms with Crippen molar-refractivity contribution in [2.75, 3.05) is 6.61 Å². The minimum Gasteiger partial charge on any atom is -0.344 e. The summed E-state index contributed by atoms with van der Waals surface area (Å²) < 4.78 is 37.0. The molecule has 0 radical (unpaired) electrons. The number of ether oxygens (including phenoxy) is 2. The zero-order valence-corrected chi connectivity index (χ0v) is 11.9. The van der Waals surface area contributed by atoms with Crippen LogP contribution in [-0.4, -0.2) is 32.3 Å². The highest BCUT2D eigenvalue weighted by Gasteiger charge is 2.39. The Morgan fingerprint density at radius 1 is 1.38 bits per heavy atom. The summed E-state index contributed by atoms with van der Waals surface area (Å²) in [5.74, 6) is 0. The third kappa shape index (κ3) is 3.95. The first-order valence-corrected chi connectivity index (χ1v) is 7.46. The van der Waals surface area contributed by atoms with Crippen LogP contribution in [0.3, 0.4) is 0 Å². The van der Waals surface area contributed by atoms with Crippen LogP contribution in [0, 0.1) is 10.1 Å². The molecule has 1 aromatic rings. The van der Waals surface area contributed by atoms with E-state index in [1.165, 1.54) is 18.2 Å². The van der Waals surface area contributed by atoms with Gasteiger partial charge in [-0.2, -0.15) is 8.42 Å². The van der Waals surface area contributed by atoms with E-state index < -0.39 is 33.7 Å². The largest absolute Gasteiger partial charge is 0.344 e. The molecule has 21 heavy (non-hydrogen) atoms. The topological polar surface area (TPSA) is 131 Å². The zero-order chi connectivity index (χ0) is 15.6. The molecule has 1 aromatic carbocycles. The van der Waals surface area contributed by atoms with Gasteiger partial charge in [-0.3, -0.25) is 14.3 Å². The van der Waals surface area contributed by atoms with Gasteiger partial charge in [0.1, 0.15) is 12.2 Å². The molecule has 2 N–H and O–H groups in total. The number of rotatable bonds is 5. The molecule has 0 amide bonds. The molecule has 1 fully saturated rings. The molecule has 116 valence electrons. The molecule has 0 saturated carbocycles. The Kier molecular flexibility index (Phi) is 4.54. The lowest BCUT2D eigenvalue weighted by Gasteiger charge is -2.16. The lowest BCUT2D eigenvalue weighted by molar-refractivity contribution is -0.386. The van der Waals surface area contributed by atoms with E-state index in [0.29, 0.717) is 0 Å². The van der Waals surface area contributed by atoms with E-state index in [4.69, 9.17) is 14.6 Å². The maximum atomic E-state index is 11.0. The summed E-state index contributed by atoms with van der Waals surface area (Å²) in [5.41, 5.74) is 0.149. The van der Waals surface area contributed by atoms with Gasteiger partial charge in [0.05, 0.1) is 17.1 Å². The van der Waals surface area contributed by atoms with Gasteiger partial charge in [0.2, 0.25) is 0 Å². The van der Waals surface area contributed by atoms with E-state index in [-0.39, 0.29) is 17.9 Å². The van der Waals surface area contributed by atoms with Gasteiger partial charge in [-0.05, 0) is 13.0 Å². The second-order valence-electron chi connectivity index (χ2n) is 4.39. The van der Waals surface area contributed by atoms with Crippen molar-refractivity contribution in [3.8, 4) is 0 Å². The van der Waals surface area contributed by atoms with Gasteiger partial charge in [-0.25, -0.2) is 5.14 Å². The van der Waals surface area contributed by atoms with Gasteiger partial charge in [0.15, 0.2) is 6.29 Å². The Morgan fingerprint density at radius 3 is 2.67 bits per heavy atom. The predicted octanol–water partition coefficient (Wildman–Crippen LogP) is 0.617. The molecule has 1 heterocycles. The first-order chi connectivity index (χ1) is 9.78. The van der Waals surface area contributed by atoms with Crippen LogP contribution in [0.1, 0.15) is 18.6 Å². The van der Waals surface area contributed by atoms with Crippen LogP contribution < -0.4 is 5.14 Å². The predicted molar refractivity (Wildman–Crippen MR) is 70.3 cm³/mol. The van der Waals surface area contributed by atoms with Crippen molar-refractivity contribution in [1.82, 2.24) is 0 Å². The van der Waals surface area contributed by atoms with E-state index >= 15 is 0 Å². The summed E-state index contributed by atoms with van der Waals surface area (Å²) in [7, 11) is -4.13. The maximum absolute atomic E-state index is 11.0. The number of nitrogens with zero attached hydrogens (tertiary/aromatic N) is 1. The van der Waals surface area contributed by atoms with Crippen LogP contribution in [0.5, 0.6) is 0 Å². The first kappa shape index (κ1) is 15.8. The van der Waals surface area contributed by atoms with E-state index in [0.717, 1.165) is 0 Å². The number of nitro groups is 1. The van der Waals surface area contributed by atoms with Crippen molar-refractivity contribution in [3.63, 3.8) is 0 Å². The molecule has 10 heteroatoms. The van der Waals surface area contributed by atoms with Crippen molar-refractivity contribution in [3.05, 3.63) is 39.9 Å². The number of para-hydroxylation sites is 1. The number of benzene rings is 1. The summed E-state index contributed by atoms with van der Waals surface area (Å²) in [6.07, 6.45) is -2.29. The highest BCUT2D eigenvalue weighted by atomic mass is 32.2. The van der Waals surface area contributed by atoms with Crippen LogP contribution in [0.2, 0.25) is 0 Å². The second kappa shape index (κ2) is 6.03. The lowest BCUT2D eigenvalue weighted by atomic mass is 10.0. The quantitative estimate of drug-likeness (QED) is 0.621. The Morgan fingerprint density at radius 2 is 2.05 bits per heavy atom. The summed E-state index contributed by atoms with van der Waals surface area (Å²) in [6.45, 7) is 1.21. The van der Waals surface area contributed by atoms with E-state index in [1.807, 2.05) is 0 Å². The summed E-state index contributed by atoms with van der Waals surface area (Å²) >= 11 is 0. The molecule has 3 unspecified atom stereocenters. The first-order valence-electron chi connectivity index (χ1n) is 5.99.